The highest BCUT2D eigenvalue weighted by molar-refractivity contribution is 9.10. The Morgan fingerprint density at radius 3 is 2.52 bits per heavy atom. The van der Waals surface area contributed by atoms with Gasteiger partial charge in [0.15, 0.2) is 0 Å². The lowest BCUT2D eigenvalue weighted by Gasteiger charge is -2.22. The lowest BCUT2D eigenvalue weighted by molar-refractivity contribution is -0.137. The second-order valence-corrected chi connectivity index (χ2v) is 8.85. The number of aliphatic hydroxyl groups is 1. The summed E-state index contributed by atoms with van der Waals surface area (Å²) in [5.74, 6) is -0.869. The topological polar surface area (TPSA) is 73.1 Å². The first-order valence-electron chi connectivity index (χ1n) is 8.98. The van der Waals surface area contributed by atoms with Crippen LogP contribution in [0.5, 0.6) is 0 Å². The number of benzene rings is 3. The highest BCUT2D eigenvalue weighted by atomic mass is 79.9. The van der Waals surface area contributed by atoms with E-state index in [1.165, 1.54) is 30.8 Å². The van der Waals surface area contributed by atoms with Crippen molar-refractivity contribution >= 4 is 50.1 Å². The molecular weight excluding hydrogens is 493 g/mol. The van der Waals surface area contributed by atoms with E-state index in [0.29, 0.717) is 6.07 Å². The number of carbonyl (C=O) groups is 1. The van der Waals surface area contributed by atoms with Gasteiger partial charge in [-0.3, -0.25) is 4.79 Å². The number of thioether (sulfide) groups is 1. The predicted octanol–water partition coefficient (Wildman–Crippen LogP) is 5.97. The Bertz CT molecular complexity index is 1190. The molecule has 0 spiro atoms. The molecular formula is C22H16BrF3N2O2S. The van der Waals surface area contributed by atoms with Crippen molar-refractivity contribution in [2.45, 2.75) is 23.6 Å². The summed E-state index contributed by atoms with van der Waals surface area (Å²) in [6, 6.07) is 15.7. The van der Waals surface area contributed by atoms with Crippen molar-refractivity contribution in [3.8, 4) is 6.07 Å². The molecule has 0 aliphatic rings. The van der Waals surface area contributed by atoms with E-state index in [1.54, 1.807) is 0 Å². The number of carbonyl (C=O) groups excluding carboxylic acids is 1. The molecule has 0 saturated heterocycles. The number of nitriles is 1. The summed E-state index contributed by atoms with van der Waals surface area (Å²) >= 11 is 4.75. The zero-order valence-corrected chi connectivity index (χ0v) is 18.5. The van der Waals surface area contributed by atoms with Gasteiger partial charge in [0.1, 0.15) is 5.60 Å². The SMILES string of the molecule is CC(O)(CSc1cccc2c(Br)cccc12)C(=O)Nc1ccc(C#N)c(C(F)(F)F)c1. The molecule has 3 aromatic carbocycles. The molecule has 0 saturated carbocycles. The summed E-state index contributed by atoms with van der Waals surface area (Å²) in [6.45, 7) is 1.30. The van der Waals surface area contributed by atoms with Crippen LogP contribution in [0.2, 0.25) is 0 Å². The summed E-state index contributed by atoms with van der Waals surface area (Å²) in [7, 11) is 0. The molecule has 3 rings (SSSR count). The van der Waals surface area contributed by atoms with Crippen molar-refractivity contribution < 1.29 is 23.1 Å². The Kier molecular flexibility index (Phi) is 6.65. The molecule has 31 heavy (non-hydrogen) atoms. The van der Waals surface area contributed by atoms with Crippen molar-refractivity contribution in [3.63, 3.8) is 0 Å². The van der Waals surface area contributed by atoms with E-state index in [4.69, 9.17) is 5.26 Å². The molecule has 0 aliphatic carbocycles. The van der Waals surface area contributed by atoms with Crippen molar-refractivity contribution in [3.05, 3.63) is 70.2 Å². The number of alkyl halides is 3. The molecule has 9 heteroatoms. The number of nitrogens with zero attached hydrogens (tertiary/aromatic N) is 1. The minimum absolute atomic E-state index is 0.0210. The molecule has 0 fully saturated rings. The number of nitrogens with one attached hydrogen (secondary N) is 1. The second kappa shape index (κ2) is 8.91. The monoisotopic (exact) mass is 508 g/mol. The Morgan fingerprint density at radius 2 is 1.84 bits per heavy atom. The van der Waals surface area contributed by atoms with Gasteiger partial charge in [-0.05, 0) is 48.0 Å². The molecule has 0 aliphatic heterocycles. The maximum Gasteiger partial charge on any atom is 0.417 e. The Balaban J connectivity index is 1.77. The van der Waals surface area contributed by atoms with Gasteiger partial charge in [0.25, 0.3) is 5.91 Å². The predicted molar refractivity (Wildman–Crippen MR) is 118 cm³/mol. The van der Waals surface area contributed by atoms with Gasteiger partial charge >= 0.3 is 6.18 Å². The van der Waals surface area contributed by atoms with Crippen LogP contribution in [-0.2, 0) is 11.0 Å². The number of amides is 1. The molecule has 3 aromatic rings. The fraction of sp³-hybridized carbons (Fsp3) is 0.182. The zero-order valence-electron chi connectivity index (χ0n) is 16.1. The van der Waals surface area contributed by atoms with E-state index in [1.807, 2.05) is 36.4 Å². The van der Waals surface area contributed by atoms with Crippen LogP contribution < -0.4 is 5.32 Å². The fourth-order valence-electron chi connectivity index (χ4n) is 2.87. The van der Waals surface area contributed by atoms with Crippen LogP contribution in [-0.4, -0.2) is 22.4 Å². The van der Waals surface area contributed by atoms with Crippen molar-refractivity contribution in [1.82, 2.24) is 0 Å². The molecule has 0 bridgehead atoms. The molecule has 4 nitrogen and oxygen atoms in total. The first-order valence-corrected chi connectivity index (χ1v) is 10.8. The maximum atomic E-state index is 13.1. The van der Waals surface area contributed by atoms with Gasteiger partial charge in [0.2, 0.25) is 0 Å². The van der Waals surface area contributed by atoms with E-state index in [0.717, 1.165) is 26.2 Å². The van der Waals surface area contributed by atoms with Gasteiger partial charge in [-0.25, -0.2) is 0 Å². The van der Waals surface area contributed by atoms with Gasteiger partial charge in [-0.2, -0.15) is 18.4 Å². The Hall–Kier alpha value is -2.54. The first kappa shape index (κ1) is 23.1. The van der Waals surface area contributed by atoms with Gasteiger partial charge in [0, 0.05) is 20.8 Å². The molecule has 2 N–H and O–H groups in total. The zero-order chi connectivity index (χ0) is 22.8. The van der Waals surface area contributed by atoms with E-state index < -0.39 is 28.8 Å². The van der Waals surface area contributed by atoms with E-state index in [2.05, 4.69) is 21.2 Å². The largest absolute Gasteiger partial charge is 0.417 e. The quantitative estimate of drug-likeness (QED) is 0.416. The number of hydrogen-bond donors (Lipinski definition) is 2. The average Bonchev–Trinajstić information content (AvgIpc) is 2.72. The number of hydrogen-bond acceptors (Lipinski definition) is 4. The molecule has 1 atom stereocenters. The van der Waals surface area contributed by atoms with Crippen molar-refractivity contribution in [2.24, 2.45) is 0 Å². The molecule has 0 aromatic heterocycles. The van der Waals surface area contributed by atoms with Gasteiger partial charge in [0.05, 0.1) is 17.2 Å². The van der Waals surface area contributed by atoms with E-state index in [-0.39, 0.29) is 11.4 Å². The Labute approximate surface area is 189 Å². The van der Waals surface area contributed by atoms with Crippen LogP contribution >= 0.6 is 27.7 Å². The van der Waals surface area contributed by atoms with Crippen LogP contribution in [0.3, 0.4) is 0 Å². The first-order chi connectivity index (χ1) is 14.5. The fourth-order valence-corrected chi connectivity index (χ4v) is 4.45. The number of anilines is 1. The molecule has 0 heterocycles. The van der Waals surface area contributed by atoms with E-state index in [9.17, 15) is 23.1 Å². The van der Waals surface area contributed by atoms with Crippen LogP contribution in [0, 0.1) is 11.3 Å². The van der Waals surface area contributed by atoms with Gasteiger partial charge < -0.3 is 10.4 Å². The summed E-state index contributed by atoms with van der Waals surface area (Å²) in [6.07, 6.45) is -4.74. The highest BCUT2D eigenvalue weighted by Crippen LogP contribution is 2.35. The van der Waals surface area contributed by atoms with Crippen LogP contribution in [0.25, 0.3) is 10.8 Å². The molecule has 1 unspecified atom stereocenters. The smallest absolute Gasteiger partial charge is 0.379 e. The summed E-state index contributed by atoms with van der Waals surface area (Å²) in [4.78, 5) is 13.4. The molecule has 1 amide bonds. The minimum atomic E-state index is -4.74. The maximum absolute atomic E-state index is 13.1. The summed E-state index contributed by atoms with van der Waals surface area (Å²) in [5.41, 5.74) is -3.71. The number of halogens is 4. The number of rotatable bonds is 5. The lowest BCUT2D eigenvalue weighted by Crippen LogP contribution is -2.42. The molecule has 160 valence electrons. The van der Waals surface area contributed by atoms with Crippen molar-refractivity contribution in [2.75, 3.05) is 11.1 Å². The van der Waals surface area contributed by atoms with Crippen molar-refractivity contribution in [1.29, 1.82) is 5.26 Å². The Morgan fingerprint density at radius 1 is 1.16 bits per heavy atom. The van der Waals surface area contributed by atoms with Crippen LogP contribution in [0.4, 0.5) is 18.9 Å². The lowest BCUT2D eigenvalue weighted by atomic mass is 10.1. The third kappa shape index (κ3) is 5.21. The third-order valence-electron chi connectivity index (χ3n) is 4.53. The van der Waals surface area contributed by atoms with Crippen LogP contribution in [0.15, 0.2) is 64.0 Å². The summed E-state index contributed by atoms with van der Waals surface area (Å²) < 4.78 is 40.3. The summed E-state index contributed by atoms with van der Waals surface area (Å²) in [5, 5.41) is 23.8. The van der Waals surface area contributed by atoms with E-state index >= 15 is 0 Å². The van der Waals surface area contributed by atoms with Gasteiger partial charge in [-0.15, -0.1) is 11.8 Å². The minimum Gasteiger partial charge on any atom is -0.379 e. The van der Waals surface area contributed by atoms with Gasteiger partial charge in [-0.1, -0.05) is 40.2 Å². The highest BCUT2D eigenvalue weighted by Gasteiger charge is 2.35. The molecule has 0 radical (unpaired) electrons. The standard InChI is InChI=1S/C22H16BrF3N2O2S/c1-21(30,12-31-19-7-3-4-15-16(19)5-2-6-18(15)23)20(29)28-14-9-8-13(11-27)17(10-14)22(24,25)26/h2-10,30H,12H2,1H3,(H,28,29). The van der Waals surface area contributed by atoms with Crippen LogP contribution in [0.1, 0.15) is 18.1 Å². The average molecular weight is 509 g/mol. The number of fused-ring (bicyclic) bond motifs is 1. The third-order valence-corrected chi connectivity index (χ3v) is 6.59. The second-order valence-electron chi connectivity index (χ2n) is 6.98. The normalized spacial score (nSPS) is 13.5.